The smallest absolute Gasteiger partial charge is 0.248 e. The quantitative estimate of drug-likeness (QED) is 0.208. The molecule has 0 amide bonds. The second kappa shape index (κ2) is 12.1. The number of hydrogen-bond acceptors (Lipinski definition) is 6. The van der Waals surface area contributed by atoms with Crippen molar-refractivity contribution < 1.29 is 0 Å². The van der Waals surface area contributed by atoms with Gasteiger partial charge in [0.15, 0.2) is 0 Å². The molecular formula is C33H51ClN6Si. The molecule has 0 saturated heterocycles. The Morgan fingerprint density at radius 3 is 0.780 bits per heavy atom. The summed E-state index contributed by atoms with van der Waals surface area (Å²) in [5.41, 5.74) is 10.9. The van der Waals surface area contributed by atoms with Gasteiger partial charge in [-0.05, 0) is 71.2 Å². The Morgan fingerprint density at radius 1 is 0.390 bits per heavy atom. The van der Waals surface area contributed by atoms with Gasteiger partial charge in [0.05, 0.1) is 34.1 Å². The van der Waals surface area contributed by atoms with Gasteiger partial charge in [0, 0.05) is 84.6 Å². The van der Waals surface area contributed by atoms with E-state index in [4.69, 9.17) is 11.1 Å². The molecule has 3 aromatic carbocycles. The Bertz CT molecular complexity index is 1240. The average molecular weight is 595 g/mol. The highest BCUT2D eigenvalue weighted by molar-refractivity contribution is 7.40. The van der Waals surface area contributed by atoms with Crippen molar-refractivity contribution in [1.82, 2.24) is 0 Å². The first-order valence-corrected chi connectivity index (χ1v) is 17.1. The van der Waals surface area contributed by atoms with E-state index in [9.17, 15) is 0 Å². The van der Waals surface area contributed by atoms with E-state index in [1.807, 2.05) is 0 Å². The van der Waals surface area contributed by atoms with E-state index < -0.39 is 7.38 Å². The van der Waals surface area contributed by atoms with Gasteiger partial charge < -0.3 is 29.4 Å². The third-order valence-corrected chi connectivity index (χ3v) is 13.8. The zero-order valence-corrected chi connectivity index (χ0v) is 29.8. The summed E-state index contributed by atoms with van der Waals surface area (Å²) < 4.78 is 0. The largest absolute Gasteiger partial charge is 0.376 e. The van der Waals surface area contributed by atoms with Crippen LogP contribution < -0.4 is 45.0 Å². The number of halogens is 1. The summed E-state index contributed by atoms with van der Waals surface area (Å²) in [6, 6.07) is 13.6. The number of nitrogens with zero attached hydrogens (tertiary/aromatic N) is 6. The lowest BCUT2D eigenvalue weighted by Gasteiger charge is -2.37. The van der Waals surface area contributed by atoms with Gasteiger partial charge in [0.25, 0.3) is 0 Å². The Balaban J connectivity index is 2.61. The molecule has 8 heteroatoms. The maximum Gasteiger partial charge on any atom is 0.248 e. The number of hydrogen-bond donors (Lipinski definition) is 0. The van der Waals surface area contributed by atoms with Crippen LogP contribution in [0, 0.1) is 20.8 Å². The van der Waals surface area contributed by atoms with Crippen molar-refractivity contribution in [2.75, 3.05) is 114 Å². The molecule has 224 valence electrons. The van der Waals surface area contributed by atoms with Crippen LogP contribution in [0.2, 0.25) is 0 Å². The van der Waals surface area contributed by atoms with Crippen LogP contribution in [0.1, 0.15) is 16.7 Å². The van der Waals surface area contributed by atoms with Gasteiger partial charge in [-0.1, -0.05) is 18.2 Å². The molecular weight excluding hydrogens is 544 g/mol. The molecule has 3 rings (SSSR count). The average Bonchev–Trinajstić information content (AvgIpc) is 2.86. The van der Waals surface area contributed by atoms with Gasteiger partial charge in [-0.3, -0.25) is 0 Å². The van der Waals surface area contributed by atoms with Crippen molar-refractivity contribution in [3.63, 3.8) is 0 Å². The predicted molar refractivity (Wildman–Crippen MR) is 190 cm³/mol. The van der Waals surface area contributed by atoms with Crippen molar-refractivity contribution >= 4 is 68.1 Å². The molecule has 0 N–H and O–H groups in total. The summed E-state index contributed by atoms with van der Waals surface area (Å²) in [6.07, 6.45) is 0. The van der Waals surface area contributed by atoms with Crippen molar-refractivity contribution in [3.8, 4) is 0 Å². The molecule has 0 atom stereocenters. The molecule has 0 unspecified atom stereocenters. The van der Waals surface area contributed by atoms with Crippen LogP contribution in [-0.2, 0) is 0 Å². The summed E-state index contributed by atoms with van der Waals surface area (Å²) in [5, 5.41) is 3.68. The first-order valence-electron chi connectivity index (χ1n) is 14.1. The Kier molecular flexibility index (Phi) is 9.56. The lowest BCUT2D eigenvalue weighted by Crippen LogP contribution is -2.65. The van der Waals surface area contributed by atoms with Crippen LogP contribution >= 0.6 is 11.1 Å². The molecule has 0 fully saturated rings. The number of anilines is 6. The Hall–Kier alpha value is -3.03. The van der Waals surface area contributed by atoms with Gasteiger partial charge in [-0.15, -0.1) is 11.1 Å². The second-order valence-corrected chi connectivity index (χ2v) is 17.0. The highest BCUT2D eigenvalue weighted by Crippen LogP contribution is 2.36. The highest BCUT2D eigenvalue weighted by Gasteiger charge is 2.44. The summed E-state index contributed by atoms with van der Waals surface area (Å²) >= 11 is 8.40. The van der Waals surface area contributed by atoms with Crippen LogP contribution in [0.3, 0.4) is 0 Å². The van der Waals surface area contributed by atoms with E-state index in [-0.39, 0.29) is 0 Å². The standard InChI is InChI=1S/C33H51ClN6Si/c1-22-28(19-16-25(35(4)5)31(22)38(10)11)41(34,29-20-17-26(36(6)7)32(23(29)2)39(12)13)30-21-18-27(37(8)9)33(24(30)3)40(14)15/h16-21H,1-15H3. The second-order valence-electron chi connectivity index (χ2n) is 12.3. The van der Waals surface area contributed by atoms with Crippen LogP contribution in [0.5, 0.6) is 0 Å². The molecule has 0 heterocycles. The van der Waals surface area contributed by atoms with Crippen molar-refractivity contribution in [2.24, 2.45) is 0 Å². The maximum atomic E-state index is 8.40. The van der Waals surface area contributed by atoms with Gasteiger partial charge >= 0.3 is 0 Å². The Morgan fingerprint density at radius 2 is 0.610 bits per heavy atom. The molecule has 0 spiro atoms. The summed E-state index contributed by atoms with van der Waals surface area (Å²) in [7, 11) is 22.3. The fourth-order valence-corrected chi connectivity index (χ4v) is 11.9. The fourth-order valence-electron chi connectivity index (χ4n) is 6.39. The maximum absolute atomic E-state index is 8.40. The number of benzene rings is 3. The summed E-state index contributed by atoms with van der Waals surface area (Å²) in [5.74, 6) is 0. The lowest BCUT2D eigenvalue weighted by atomic mass is 10.1. The molecule has 0 bridgehead atoms. The third kappa shape index (κ3) is 5.58. The van der Waals surface area contributed by atoms with Crippen LogP contribution in [-0.4, -0.2) is 92.0 Å². The predicted octanol–water partition coefficient (Wildman–Crippen LogP) is 4.21. The first kappa shape index (κ1) is 32.5. The van der Waals surface area contributed by atoms with Gasteiger partial charge in [0.2, 0.25) is 7.38 Å². The molecule has 0 aliphatic carbocycles. The summed E-state index contributed by atoms with van der Waals surface area (Å²) in [4.78, 5) is 13.2. The van der Waals surface area contributed by atoms with Crippen LogP contribution in [0.15, 0.2) is 36.4 Å². The first-order chi connectivity index (χ1) is 19.0. The third-order valence-electron chi connectivity index (χ3n) is 8.13. The molecule has 0 aliphatic rings. The fraction of sp³-hybridized carbons (Fsp3) is 0.455. The molecule has 0 radical (unpaired) electrons. The van der Waals surface area contributed by atoms with E-state index in [0.29, 0.717) is 0 Å². The highest BCUT2D eigenvalue weighted by atomic mass is 35.6. The molecule has 3 aromatic rings. The van der Waals surface area contributed by atoms with E-state index in [1.54, 1.807) is 0 Å². The van der Waals surface area contributed by atoms with Crippen molar-refractivity contribution in [1.29, 1.82) is 0 Å². The minimum absolute atomic E-state index is 1.19. The van der Waals surface area contributed by atoms with Gasteiger partial charge in [-0.25, -0.2) is 0 Å². The Labute approximate surface area is 255 Å². The van der Waals surface area contributed by atoms with E-state index in [1.165, 1.54) is 66.4 Å². The molecule has 0 aliphatic heterocycles. The topological polar surface area (TPSA) is 19.4 Å². The van der Waals surface area contributed by atoms with Gasteiger partial charge in [-0.2, -0.15) is 0 Å². The molecule has 6 nitrogen and oxygen atoms in total. The lowest BCUT2D eigenvalue weighted by molar-refractivity contribution is 1.06. The van der Waals surface area contributed by atoms with E-state index in [2.05, 4.69) is 171 Å². The van der Waals surface area contributed by atoms with Gasteiger partial charge in [0.1, 0.15) is 0 Å². The molecule has 41 heavy (non-hydrogen) atoms. The van der Waals surface area contributed by atoms with E-state index in [0.717, 1.165) is 0 Å². The zero-order chi connectivity index (χ0) is 31.1. The summed E-state index contributed by atoms with van der Waals surface area (Å²) in [6.45, 7) is 6.73. The normalized spacial score (nSPS) is 11.4. The van der Waals surface area contributed by atoms with Crippen LogP contribution in [0.4, 0.5) is 34.1 Å². The molecule has 0 saturated carbocycles. The SMILES string of the molecule is Cc1c([Si](Cl)(c2ccc(N(C)C)c(N(C)C)c2C)c2ccc(N(C)C)c(N(C)C)c2C)ccc(N(C)C)c1N(C)C. The minimum atomic E-state index is -3.08. The molecule has 0 aromatic heterocycles. The van der Waals surface area contributed by atoms with Crippen molar-refractivity contribution in [3.05, 3.63) is 53.1 Å². The van der Waals surface area contributed by atoms with Crippen LogP contribution in [0.25, 0.3) is 0 Å². The van der Waals surface area contributed by atoms with E-state index >= 15 is 0 Å². The minimum Gasteiger partial charge on any atom is -0.376 e. The monoisotopic (exact) mass is 594 g/mol. The number of rotatable bonds is 9. The zero-order valence-electron chi connectivity index (χ0n) is 28.0. The van der Waals surface area contributed by atoms with Crippen molar-refractivity contribution in [2.45, 2.75) is 20.8 Å².